The second-order valence-corrected chi connectivity index (χ2v) is 9.36. The first-order chi connectivity index (χ1) is 16.6. The Bertz CT molecular complexity index is 1000. The number of rotatable bonds is 6. The molecule has 0 saturated carbocycles. The van der Waals surface area contributed by atoms with Gasteiger partial charge in [0.1, 0.15) is 18.0 Å². The van der Waals surface area contributed by atoms with Crippen LogP contribution in [0.1, 0.15) is 44.4 Å². The summed E-state index contributed by atoms with van der Waals surface area (Å²) in [6.07, 6.45) is -1.11. The Balaban J connectivity index is 1.55. The molecule has 1 atom stereocenters. The fourth-order valence-corrected chi connectivity index (χ4v) is 3.65. The van der Waals surface area contributed by atoms with Crippen LogP contribution >= 0.6 is 0 Å². The molecule has 3 amide bonds. The topological polar surface area (TPSA) is 88.2 Å². The van der Waals surface area contributed by atoms with Gasteiger partial charge in [-0.05, 0) is 44.0 Å². The van der Waals surface area contributed by atoms with Gasteiger partial charge in [-0.2, -0.15) is 0 Å². The van der Waals surface area contributed by atoms with Crippen LogP contribution in [0.3, 0.4) is 0 Å². The smallest absolute Gasteiger partial charge is 0.410 e. The van der Waals surface area contributed by atoms with Crippen LogP contribution in [-0.4, -0.2) is 59.7 Å². The molecule has 2 aromatic rings. The number of alkyl carbamates (subject to hydrolysis) is 1. The minimum absolute atomic E-state index is 0.0245. The van der Waals surface area contributed by atoms with E-state index in [1.165, 1.54) is 24.3 Å². The molecule has 1 aliphatic rings. The number of carbonyl (C=O) groups is 3. The van der Waals surface area contributed by atoms with E-state index in [1.807, 2.05) is 30.3 Å². The number of hydrogen-bond donors (Lipinski definition) is 1. The van der Waals surface area contributed by atoms with E-state index in [0.717, 1.165) is 5.56 Å². The number of nitrogens with one attached hydrogen (secondary N) is 1. The molecule has 3 rings (SSSR count). The van der Waals surface area contributed by atoms with Crippen molar-refractivity contribution in [2.45, 2.75) is 45.4 Å². The van der Waals surface area contributed by atoms with Gasteiger partial charge in [0.25, 0.3) is 0 Å². The molecular weight excluding hydrogens is 453 g/mol. The molecule has 0 radical (unpaired) electrons. The molecule has 0 unspecified atom stereocenters. The molecule has 1 heterocycles. The molecule has 1 saturated heterocycles. The summed E-state index contributed by atoms with van der Waals surface area (Å²) < 4.78 is 24.1. The van der Waals surface area contributed by atoms with Crippen molar-refractivity contribution >= 4 is 18.1 Å². The molecule has 1 fully saturated rings. The van der Waals surface area contributed by atoms with E-state index in [1.54, 1.807) is 30.6 Å². The number of hydrogen-bond acceptors (Lipinski definition) is 5. The molecule has 2 aromatic carbocycles. The summed E-state index contributed by atoms with van der Waals surface area (Å²) in [6, 6.07) is 14.4. The van der Waals surface area contributed by atoms with Crippen LogP contribution in [-0.2, 0) is 20.9 Å². The Morgan fingerprint density at radius 2 is 1.54 bits per heavy atom. The highest BCUT2D eigenvalue weighted by Crippen LogP contribution is 2.21. The Morgan fingerprint density at radius 1 is 0.943 bits per heavy atom. The summed E-state index contributed by atoms with van der Waals surface area (Å²) in [5.41, 5.74) is 0.792. The monoisotopic (exact) mass is 485 g/mol. The number of carbonyl (C=O) groups excluding carboxylic acids is 3. The van der Waals surface area contributed by atoms with Gasteiger partial charge in [-0.25, -0.2) is 14.0 Å². The standard InChI is InChI=1S/C26H32FN3O5/c1-26(2,3)35-24(32)28-22(20-9-11-21(27)12-10-20)17-23(31)29-13-15-30(16-14-29)25(33)34-18-19-7-5-4-6-8-19/h4-12,22H,13-18H2,1-3H3,(H,28,32)/t22-/m1/s1. The lowest BCUT2D eigenvalue weighted by atomic mass is 10.0. The van der Waals surface area contributed by atoms with Gasteiger partial charge in [0.05, 0.1) is 12.5 Å². The number of ether oxygens (including phenoxy) is 2. The van der Waals surface area contributed by atoms with Gasteiger partial charge in [-0.3, -0.25) is 4.79 Å². The number of amides is 3. The summed E-state index contributed by atoms with van der Waals surface area (Å²) in [5, 5.41) is 2.72. The van der Waals surface area contributed by atoms with Gasteiger partial charge >= 0.3 is 12.2 Å². The van der Waals surface area contributed by atoms with Crippen molar-refractivity contribution < 1.29 is 28.2 Å². The van der Waals surface area contributed by atoms with E-state index < -0.39 is 29.6 Å². The largest absolute Gasteiger partial charge is 0.445 e. The predicted octanol–water partition coefficient (Wildman–Crippen LogP) is 4.26. The van der Waals surface area contributed by atoms with Crippen molar-refractivity contribution in [2.75, 3.05) is 26.2 Å². The first-order valence-corrected chi connectivity index (χ1v) is 11.6. The number of nitrogens with zero attached hydrogens (tertiary/aromatic N) is 2. The van der Waals surface area contributed by atoms with Gasteiger partial charge in [0, 0.05) is 26.2 Å². The average Bonchev–Trinajstić information content (AvgIpc) is 2.82. The van der Waals surface area contributed by atoms with Crippen molar-refractivity contribution in [1.82, 2.24) is 15.1 Å². The first kappa shape index (κ1) is 26.0. The van der Waals surface area contributed by atoms with Gasteiger partial charge in [0.2, 0.25) is 5.91 Å². The van der Waals surface area contributed by atoms with E-state index in [-0.39, 0.29) is 18.9 Å². The van der Waals surface area contributed by atoms with E-state index in [2.05, 4.69) is 5.32 Å². The molecule has 0 aromatic heterocycles. The molecule has 1 N–H and O–H groups in total. The van der Waals surface area contributed by atoms with Crippen LogP contribution in [0.15, 0.2) is 54.6 Å². The number of halogens is 1. The maximum atomic E-state index is 13.4. The Kier molecular flexibility index (Phi) is 8.68. The number of piperazine rings is 1. The molecule has 35 heavy (non-hydrogen) atoms. The maximum Gasteiger partial charge on any atom is 0.410 e. The zero-order chi connectivity index (χ0) is 25.4. The average molecular weight is 486 g/mol. The highest BCUT2D eigenvalue weighted by molar-refractivity contribution is 5.79. The van der Waals surface area contributed by atoms with E-state index in [4.69, 9.17) is 9.47 Å². The molecular formula is C26H32FN3O5. The van der Waals surface area contributed by atoms with Gasteiger partial charge in [-0.15, -0.1) is 0 Å². The minimum Gasteiger partial charge on any atom is -0.445 e. The third kappa shape index (κ3) is 8.27. The second kappa shape index (κ2) is 11.7. The summed E-state index contributed by atoms with van der Waals surface area (Å²) in [4.78, 5) is 41.0. The Labute approximate surface area is 205 Å². The Morgan fingerprint density at radius 3 is 2.14 bits per heavy atom. The van der Waals surface area contributed by atoms with Crippen LogP contribution in [0.4, 0.5) is 14.0 Å². The normalized spacial score (nSPS) is 14.7. The lowest BCUT2D eigenvalue weighted by Gasteiger charge is -2.35. The predicted molar refractivity (Wildman–Crippen MR) is 128 cm³/mol. The zero-order valence-electron chi connectivity index (χ0n) is 20.3. The third-order valence-electron chi connectivity index (χ3n) is 5.44. The van der Waals surface area contributed by atoms with Crippen molar-refractivity contribution in [1.29, 1.82) is 0 Å². The summed E-state index contributed by atoms with van der Waals surface area (Å²) >= 11 is 0. The minimum atomic E-state index is -0.702. The van der Waals surface area contributed by atoms with E-state index in [0.29, 0.717) is 31.7 Å². The summed E-state index contributed by atoms with van der Waals surface area (Å²) in [5.74, 6) is -0.598. The highest BCUT2D eigenvalue weighted by atomic mass is 19.1. The van der Waals surface area contributed by atoms with Crippen LogP contribution in [0, 0.1) is 5.82 Å². The quantitative estimate of drug-likeness (QED) is 0.661. The van der Waals surface area contributed by atoms with Crippen molar-refractivity contribution in [3.63, 3.8) is 0 Å². The van der Waals surface area contributed by atoms with Gasteiger partial charge in [-0.1, -0.05) is 42.5 Å². The Hall–Kier alpha value is -3.62. The lowest BCUT2D eigenvalue weighted by Crippen LogP contribution is -2.51. The maximum absolute atomic E-state index is 13.4. The van der Waals surface area contributed by atoms with Crippen molar-refractivity contribution in [2.24, 2.45) is 0 Å². The molecule has 1 aliphatic heterocycles. The summed E-state index contributed by atoms with van der Waals surface area (Å²) in [7, 11) is 0. The molecule has 0 spiro atoms. The fraction of sp³-hybridized carbons (Fsp3) is 0.423. The van der Waals surface area contributed by atoms with Gasteiger partial charge < -0.3 is 24.6 Å². The van der Waals surface area contributed by atoms with E-state index >= 15 is 0 Å². The SMILES string of the molecule is CC(C)(C)OC(=O)N[C@H](CC(=O)N1CCN(C(=O)OCc2ccccc2)CC1)c1ccc(F)cc1. The third-order valence-corrected chi connectivity index (χ3v) is 5.44. The molecule has 8 nitrogen and oxygen atoms in total. The highest BCUT2D eigenvalue weighted by Gasteiger charge is 2.28. The molecule has 0 aliphatic carbocycles. The van der Waals surface area contributed by atoms with Crippen molar-refractivity contribution in [3.8, 4) is 0 Å². The van der Waals surface area contributed by atoms with Crippen molar-refractivity contribution in [3.05, 3.63) is 71.5 Å². The zero-order valence-corrected chi connectivity index (χ0v) is 20.3. The van der Waals surface area contributed by atoms with E-state index in [9.17, 15) is 18.8 Å². The fourth-order valence-electron chi connectivity index (χ4n) is 3.65. The number of benzene rings is 2. The molecule has 9 heteroatoms. The molecule has 0 bridgehead atoms. The lowest BCUT2D eigenvalue weighted by molar-refractivity contribution is -0.133. The molecule has 188 valence electrons. The van der Waals surface area contributed by atoms with Crippen LogP contribution in [0.2, 0.25) is 0 Å². The van der Waals surface area contributed by atoms with Crippen LogP contribution < -0.4 is 5.32 Å². The first-order valence-electron chi connectivity index (χ1n) is 11.6. The van der Waals surface area contributed by atoms with Crippen LogP contribution in [0.25, 0.3) is 0 Å². The van der Waals surface area contributed by atoms with Crippen LogP contribution in [0.5, 0.6) is 0 Å². The van der Waals surface area contributed by atoms with Gasteiger partial charge in [0.15, 0.2) is 0 Å². The second-order valence-electron chi connectivity index (χ2n) is 9.36. The summed E-state index contributed by atoms with van der Waals surface area (Å²) in [6.45, 7) is 6.82.